The lowest BCUT2D eigenvalue weighted by Gasteiger charge is -2.27. The standard InChI is InChI=1S/C18H26N2O/c1-15(2)20(11-16(3)21)14-18-9-10-19(13-18)12-17-7-5-4-6-8-17/h4-10,13,15-16,21H,11-12,14H2,1-3H3. The molecule has 0 aliphatic carbocycles. The monoisotopic (exact) mass is 286 g/mol. The van der Waals surface area contributed by atoms with Gasteiger partial charge in [0.1, 0.15) is 0 Å². The van der Waals surface area contributed by atoms with Crippen molar-refractivity contribution in [2.45, 2.75) is 46.0 Å². The molecule has 0 amide bonds. The Morgan fingerprint density at radius 1 is 1.05 bits per heavy atom. The second kappa shape index (κ2) is 7.43. The molecule has 114 valence electrons. The summed E-state index contributed by atoms with van der Waals surface area (Å²) in [6.07, 6.45) is 4.03. The summed E-state index contributed by atoms with van der Waals surface area (Å²) in [6, 6.07) is 13.1. The second-order valence-corrected chi connectivity index (χ2v) is 6.05. The number of benzene rings is 1. The fourth-order valence-corrected chi connectivity index (χ4v) is 2.51. The molecule has 0 spiro atoms. The molecule has 21 heavy (non-hydrogen) atoms. The van der Waals surface area contributed by atoms with Crippen molar-refractivity contribution in [3.8, 4) is 0 Å². The van der Waals surface area contributed by atoms with E-state index in [2.05, 4.69) is 66.0 Å². The highest BCUT2D eigenvalue weighted by molar-refractivity contribution is 5.17. The molecular weight excluding hydrogens is 260 g/mol. The molecule has 0 fully saturated rings. The molecule has 1 N–H and O–H groups in total. The Kier molecular flexibility index (Phi) is 5.59. The van der Waals surface area contributed by atoms with Crippen LogP contribution in [0.1, 0.15) is 31.9 Å². The van der Waals surface area contributed by atoms with Crippen LogP contribution in [0.4, 0.5) is 0 Å². The minimum Gasteiger partial charge on any atom is -0.392 e. The first kappa shape index (κ1) is 15.8. The van der Waals surface area contributed by atoms with E-state index < -0.39 is 0 Å². The Bertz CT molecular complexity index is 531. The van der Waals surface area contributed by atoms with Crippen molar-refractivity contribution in [3.63, 3.8) is 0 Å². The van der Waals surface area contributed by atoms with E-state index in [0.717, 1.165) is 13.1 Å². The number of hydrogen-bond donors (Lipinski definition) is 1. The lowest BCUT2D eigenvalue weighted by Crippen LogP contribution is -2.35. The summed E-state index contributed by atoms with van der Waals surface area (Å²) < 4.78 is 2.21. The third-order valence-electron chi connectivity index (χ3n) is 3.63. The van der Waals surface area contributed by atoms with Gasteiger partial charge in [-0.15, -0.1) is 0 Å². The van der Waals surface area contributed by atoms with Gasteiger partial charge in [-0.2, -0.15) is 0 Å². The van der Waals surface area contributed by atoms with E-state index in [0.29, 0.717) is 12.6 Å². The molecule has 0 saturated heterocycles. The molecule has 1 atom stereocenters. The Hall–Kier alpha value is -1.58. The predicted molar refractivity (Wildman–Crippen MR) is 87.2 cm³/mol. The summed E-state index contributed by atoms with van der Waals surface area (Å²) in [5, 5.41) is 9.60. The quantitative estimate of drug-likeness (QED) is 0.847. The zero-order valence-electron chi connectivity index (χ0n) is 13.2. The van der Waals surface area contributed by atoms with E-state index in [4.69, 9.17) is 0 Å². The zero-order valence-corrected chi connectivity index (χ0v) is 13.2. The van der Waals surface area contributed by atoms with Gasteiger partial charge in [0, 0.05) is 38.1 Å². The lowest BCUT2D eigenvalue weighted by molar-refractivity contribution is 0.103. The summed E-state index contributed by atoms with van der Waals surface area (Å²) in [6.45, 7) is 8.67. The number of rotatable bonds is 7. The van der Waals surface area contributed by atoms with Crippen LogP contribution in [0.25, 0.3) is 0 Å². The number of aromatic nitrogens is 1. The van der Waals surface area contributed by atoms with Crippen LogP contribution in [0, 0.1) is 0 Å². The van der Waals surface area contributed by atoms with Crippen LogP contribution in [0.15, 0.2) is 48.8 Å². The third kappa shape index (κ3) is 5.03. The Morgan fingerprint density at radius 3 is 2.38 bits per heavy atom. The van der Waals surface area contributed by atoms with E-state index in [1.165, 1.54) is 11.1 Å². The van der Waals surface area contributed by atoms with Gasteiger partial charge in [0.05, 0.1) is 6.10 Å². The highest BCUT2D eigenvalue weighted by Crippen LogP contribution is 2.11. The van der Waals surface area contributed by atoms with Crippen LogP contribution in [0.2, 0.25) is 0 Å². The lowest BCUT2D eigenvalue weighted by atomic mass is 10.2. The fourth-order valence-electron chi connectivity index (χ4n) is 2.51. The van der Waals surface area contributed by atoms with Crippen molar-refractivity contribution in [2.24, 2.45) is 0 Å². The van der Waals surface area contributed by atoms with E-state index in [-0.39, 0.29) is 6.10 Å². The summed E-state index contributed by atoms with van der Waals surface area (Å²) in [5.41, 5.74) is 2.60. The zero-order chi connectivity index (χ0) is 15.2. The summed E-state index contributed by atoms with van der Waals surface area (Å²) in [5.74, 6) is 0. The maximum absolute atomic E-state index is 9.60. The van der Waals surface area contributed by atoms with Crippen LogP contribution in [0.5, 0.6) is 0 Å². The molecule has 3 nitrogen and oxygen atoms in total. The van der Waals surface area contributed by atoms with Crippen molar-refractivity contribution in [1.29, 1.82) is 0 Å². The third-order valence-corrected chi connectivity index (χ3v) is 3.63. The van der Waals surface area contributed by atoms with Crippen molar-refractivity contribution in [3.05, 3.63) is 59.9 Å². The molecule has 2 aromatic rings. The van der Waals surface area contributed by atoms with Crippen molar-refractivity contribution >= 4 is 0 Å². The van der Waals surface area contributed by atoms with E-state index in [1.54, 1.807) is 0 Å². The van der Waals surface area contributed by atoms with E-state index >= 15 is 0 Å². The number of aliphatic hydroxyl groups excluding tert-OH is 1. The summed E-state index contributed by atoms with van der Waals surface area (Å²) in [7, 11) is 0. The predicted octanol–water partition coefficient (Wildman–Crippen LogP) is 3.13. The molecule has 0 aliphatic heterocycles. The summed E-state index contributed by atoms with van der Waals surface area (Å²) >= 11 is 0. The van der Waals surface area contributed by atoms with Crippen molar-refractivity contribution < 1.29 is 5.11 Å². The van der Waals surface area contributed by atoms with Crippen LogP contribution < -0.4 is 0 Å². The molecule has 1 unspecified atom stereocenters. The smallest absolute Gasteiger partial charge is 0.0639 e. The minimum atomic E-state index is -0.293. The van der Waals surface area contributed by atoms with Gasteiger partial charge in [0.2, 0.25) is 0 Å². The van der Waals surface area contributed by atoms with Crippen LogP contribution in [-0.4, -0.2) is 33.3 Å². The molecular formula is C18H26N2O. The normalized spacial score (nSPS) is 13.0. The highest BCUT2D eigenvalue weighted by atomic mass is 16.3. The number of nitrogens with zero attached hydrogens (tertiary/aromatic N) is 2. The molecule has 0 radical (unpaired) electrons. The molecule has 1 aromatic heterocycles. The molecule has 1 heterocycles. The molecule has 0 bridgehead atoms. The van der Waals surface area contributed by atoms with Gasteiger partial charge in [0.25, 0.3) is 0 Å². The van der Waals surface area contributed by atoms with Gasteiger partial charge in [-0.1, -0.05) is 30.3 Å². The van der Waals surface area contributed by atoms with Crippen molar-refractivity contribution in [2.75, 3.05) is 6.54 Å². The van der Waals surface area contributed by atoms with Gasteiger partial charge < -0.3 is 9.67 Å². The van der Waals surface area contributed by atoms with Crippen LogP contribution in [-0.2, 0) is 13.1 Å². The summed E-state index contributed by atoms with van der Waals surface area (Å²) in [4.78, 5) is 2.30. The Morgan fingerprint density at radius 2 is 1.76 bits per heavy atom. The van der Waals surface area contributed by atoms with E-state index in [9.17, 15) is 5.11 Å². The number of aliphatic hydroxyl groups is 1. The van der Waals surface area contributed by atoms with Gasteiger partial charge in [-0.3, -0.25) is 4.90 Å². The average molecular weight is 286 g/mol. The SMILES string of the molecule is CC(O)CN(Cc1ccn(Cc2ccccc2)c1)C(C)C. The maximum Gasteiger partial charge on any atom is 0.0639 e. The second-order valence-electron chi connectivity index (χ2n) is 6.05. The first-order valence-corrected chi connectivity index (χ1v) is 7.65. The van der Waals surface area contributed by atoms with Gasteiger partial charge >= 0.3 is 0 Å². The first-order valence-electron chi connectivity index (χ1n) is 7.65. The van der Waals surface area contributed by atoms with Crippen molar-refractivity contribution in [1.82, 2.24) is 9.47 Å². The minimum absolute atomic E-state index is 0.293. The molecule has 3 heteroatoms. The van der Waals surface area contributed by atoms with Gasteiger partial charge in [-0.25, -0.2) is 0 Å². The Balaban J connectivity index is 1.98. The topological polar surface area (TPSA) is 28.4 Å². The largest absolute Gasteiger partial charge is 0.392 e. The van der Waals surface area contributed by atoms with Gasteiger partial charge in [0.15, 0.2) is 0 Å². The maximum atomic E-state index is 9.60. The first-order chi connectivity index (χ1) is 10.0. The molecule has 2 rings (SSSR count). The average Bonchev–Trinajstić information content (AvgIpc) is 2.86. The fraction of sp³-hybridized carbons (Fsp3) is 0.444. The molecule has 0 saturated carbocycles. The molecule has 0 aliphatic rings. The number of hydrogen-bond acceptors (Lipinski definition) is 2. The Labute approximate surface area is 127 Å². The van der Waals surface area contributed by atoms with Crippen LogP contribution >= 0.6 is 0 Å². The molecule has 1 aromatic carbocycles. The van der Waals surface area contributed by atoms with Gasteiger partial charge in [-0.05, 0) is 38.0 Å². The highest BCUT2D eigenvalue weighted by Gasteiger charge is 2.13. The van der Waals surface area contributed by atoms with E-state index in [1.807, 2.05) is 13.0 Å². The van der Waals surface area contributed by atoms with Crippen LogP contribution in [0.3, 0.4) is 0 Å².